The van der Waals surface area contributed by atoms with Gasteiger partial charge in [0.05, 0.1) is 5.69 Å². The van der Waals surface area contributed by atoms with Gasteiger partial charge in [-0.15, -0.1) is 0 Å². The van der Waals surface area contributed by atoms with Crippen molar-refractivity contribution in [2.75, 3.05) is 10.6 Å². The van der Waals surface area contributed by atoms with Crippen molar-refractivity contribution >= 4 is 23.4 Å². The molecule has 25 heavy (non-hydrogen) atoms. The molecular weight excluding hydrogens is 334 g/mol. The molecule has 0 spiro atoms. The quantitative estimate of drug-likeness (QED) is 0.676. The molecule has 0 aliphatic rings. The molecule has 0 aliphatic heterocycles. The normalized spacial score (nSPS) is 10.7. The van der Waals surface area contributed by atoms with Gasteiger partial charge in [-0.25, -0.2) is 4.98 Å². The van der Waals surface area contributed by atoms with E-state index in [2.05, 4.69) is 39.4 Å². The summed E-state index contributed by atoms with van der Waals surface area (Å²) in [7, 11) is 0. The van der Waals surface area contributed by atoms with Gasteiger partial charge in [0.1, 0.15) is 5.82 Å². The summed E-state index contributed by atoms with van der Waals surface area (Å²) >= 11 is 6.04. The number of rotatable bonds is 6. The predicted octanol–water partition coefficient (Wildman–Crippen LogP) is 4.62. The number of halogens is 1. The van der Waals surface area contributed by atoms with Crippen molar-refractivity contribution < 1.29 is 0 Å². The first-order valence-corrected chi connectivity index (χ1v) is 8.52. The Morgan fingerprint density at radius 2 is 1.96 bits per heavy atom. The molecule has 2 aromatic heterocycles. The zero-order chi connectivity index (χ0) is 17.6. The minimum Gasteiger partial charge on any atom is -0.366 e. The Kier molecular flexibility index (Phi) is 5.46. The molecule has 0 fully saturated rings. The van der Waals surface area contributed by atoms with Crippen molar-refractivity contribution in [1.82, 2.24) is 15.0 Å². The highest BCUT2D eigenvalue weighted by molar-refractivity contribution is 6.30. The van der Waals surface area contributed by atoms with Crippen molar-refractivity contribution in [3.05, 3.63) is 65.4 Å². The molecule has 0 unspecified atom stereocenters. The van der Waals surface area contributed by atoms with E-state index < -0.39 is 0 Å². The second-order valence-electron chi connectivity index (χ2n) is 5.99. The lowest BCUT2D eigenvalue weighted by molar-refractivity contribution is 0.874. The maximum Gasteiger partial charge on any atom is 0.225 e. The molecule has 3 rings (SSSR count). The number of benzene rings is 1. The van der Waals surface area contributed by atoms with E-state index in [1.54, 1.807) is 12.4 Å². The largest absolute Gasteiger partial charge is 0.366 e. The fourth-order valence-corrected chi connectivity index (χ4v) is 2.58. The molecule has 0 aliphatic carbocycles. The van der Waals surface area contributed by atoms with Crippen LogP contribution >= 0.6 is 11.6 Å². The average molecular weight is 354 g/mol. The van der Waals surface area contributed by atoms with Gasteiger partial charge >= 0.3 is 0 Å². The third kappa shape index (κ3) is 4.90. The van der Waals surface area contributed by atoms with E-state index in [9.17, 15) is 0 Å². The van der Waals surface area contributed by atoms with Gasteiger partial charge < -0.3 is 10.6 Å². The third-order valence-electron chi connectivity index (χ3n) is 3.46. The molecule has 2 heterocycles. The highest BCUT2D eigenvalue weighted by atomic mass is 35.5. The van der Waals surface area contributed by atoms with Gasteiger partial charge in [-0.05, 0) is 43.7 Å². The van der Waals surface area contributed by atoms with Gasteiger partial charge in [0.15, 0.2) is 0 Å². The van der Waals surface area contributed by atoms with E-state index in [0.29, 0.717) is 12.5 Å². The van der Waals surface area contributed by atoms with Gasteiger partial charge in [0.2, 0.25) is 5.95 Å². The summed E-state index contributed by atoms with van der Waals surface area (Å²) in [4.78, 5) is 13.3. The molecule has 0 amide bonds. The van der Waals surface area contributed by atoms with Crippen LogP contribution in [0.4, 0.5) is 11.8 Å². The molecule has 0 saturated carbocycles. The number of nitrogens with one attached hydrogen (secondary N) is 2. The minimum atomic E-state index is 0.241. The summed E-state index contributed by atoms with van der Waals surface area (Å²) in [5, 5.41) is 7.32. The van der Waals surface area contributed by atoms with Crippen LogP contribution in [0.3, 0.4) is 0 Å². The zero-order valence-corrected chi connectivity index (χ0v) is 15.0. The van der Waals surface area contributed by atoms with Crippen LogP contribution in [0.2, 0.25) is 5.02 Å². The predicted molar refractivity (Wildman–Crippen MR) is 103 cm³/mol. The number of aromatic nitrogens is 3. The number of pyridine rings is 1. The fraction of sp³-hybridized carbons (Fsp3) is 0.211. The first-order chi connectivity index (χ1) is 12.1. The molecule has 128 valence electrons. The Labute approximate surface area is 152 Å². The Balaban J connectivity index is 1.86. The fourth-order valence-electron chi connectivity index (χ4n) is 2.36. The van der Waals surface area contributed by atoms with Crippen LogP contribution in [0.15, 0.2) is 54.9 Å². The first kappa shape index (κ1) is 17.2. The topological polar surface area (TPSA) is 62.7 Å². The van der Waals surface area contributed by atoms with E-state index in [-0.39, 0.29) is 6.04 Å². The van der Waals surface area contributed by atoms with Crippen molar-refractivity contribution in [1.29, 1.82) is 0 Å². The van der Waals surface area contributed by atoms with E-state index in [0.717, 1.165) is 27.7 Å². The van der Waals surface area contributed by atoms with Crippen LogP contribution in [0.5, 0.6) is 0 Å². The SMILES string of the molecule is CC(C)Nc1nc(NCc2cccc(Cl)c2)cc(-c2cccnc2)n1. The van der Waals surface area contributed by atoms with E-state index >= 15 is 0 Å². The molecule has 0 bridgehead atoms. The van der Waals surface area contributed by atoms with Crippen molar-refractivity contribution in [2.45, 2.75) is 26.4 Å². The summed E-state index contributed by atoms with van der Waals surface area (Å²) in [6.07, 6.45) is 3.54. The van der Waals surface area contributed by atoms with Gasteiger partial charge in [-0.2, -0.15) is 4.98 Å². The monoisotopic (exact) mass is 353 g/mol. The van der Waals surface area contributed by atoms with Gasteiger partial charge in [-0.1, -0.05) is 23.7 Å². The summed E-state index contributed by atoms with van der Waals surface area (Å²) < 4.78 is 0. The van der Waals surface area contributed by atoms with E-state index in [1.165, 1.54) is 0 Å². The Bertz CT molecular complexity index is 836. The Morgan fingerprint density at radius 3 is 2.68 bits per heavy atom. The number of anilines is 2. The molecule has 1 aromatic carbocycles. The second kappa shape index (κ2) is 7.94. The van der Waals surface area contributed by atoms with Crippen molar-refractivity contribution in [3.63, 3.8) is 0 Å². The number of hydrogen-bond acceptors (Lipinski definition) is 5. The molecule has 3 aromatic rings. The average Bonchev–Trinajstić information content (AvgIpc) is 2.60. The molecule has 0 saturated heterocycles. The molecule has 0 atom stereocenters. The van der Waals surface area contributed by atoms with Gasteiger partial charge in [0.25, 0.3) is 0 Å². The van der Waals surface area contributed by atoms with Crippen LogP contribution in [-0.2, 0) is 6.54 Å². The Hall–Kier alpha value is -2.66. The second-order valence-corrected chi connectivity index (χ2v) is 6.42. The highest BCUT2D eigenvalue weighted by Gasteiger charge is 2.08. The number of nitrogens with zero attached hydrogens (tertiary/aromatic N) is 3. The van der Waals surface area contributed by atoms with Crippen molar-refractivity contribution in [2.24, 2.45) is 0 Å². The molecule has 2 N–H and O–H groups in total. The summed E-state index contributed by atoms with van der Waals surface area (Å²) in [6.45, 7) is 4.74. The molecular formula is C19H20ClN5. The van der Waals surface area contributed by atoms with Crippen LogP contribution in [-0.4, -0.2) is 21.0 Å². The maximum absolute atomic E-state index is 6.04. The van der Waals surface area contributed by atoms with E-state index in [4.69, 9.17) is 11.6 Å². The van der Waals surface area contributed by atoms with Crippen LogP contribution in [0, 0.1) is 0 Å². The highest BCUT2D eigenvalue weighted by Crippen LogP contribution is 2.21. The van der Waals surface area contributed by atoms with Crippen molar-refractivity contribution in [3.8, 4) is 11.3 Å². The summed E-state index contributed by atoms with van der Waals surface area (Å²) in [5.74, 6) is 1.34. The van der Waals surface area contributed by atoms with Crippen LogP contribution in [0.1, 0.15) is 19.4 Å². The molecule has 5 nitrogen and oxygen atoms in total. The molecule has 6 heteroatoms. The zero-order valence-electron chi connectivity index (χ0n) is 14.2. The van der Waals surface area contributed by atoms with Gasteiger partial charge in [0, 0.05) is 41.6 Å². The standard InChI is InChI=1S/C19H20ClN5/c1-13(2)23-19-24-17(15-6-4-8-21-12-15)10-18(25-19)22-11-14-5-3-7-16(20)9-14/h3-10,12-13H,11H2,1-2H3,(H2,22,23,24,25). The van der Waals surface area contributed by atoms with E-state index in [1.807, 2.05) is 42.5 Å². The third-order valence-corrected chi connectivity index (χ3v) is 3.70. The molecule has 0 radical (unpaired) electrons. The Morgan fingerprint density at radius 1 is 1.08 bits per heavy atom. The van der Waals surface area contributed by atoms with Gasteiger partial charge in [-0.3, -0.25) is 4.98 Å². The smallest absolute Gasteiger partial charge is 0.225 e. The lowest BCUT2D eigenvalue weighted by atomic mass is 10.2. The van der Waals surface area contributed by atoms with Crippen LogP contribution in [0.25, 0.3) is 11.3 Å². The summed E-state index contributed by atoms with van der Waals surface area (Å²) in [5.41, 5.74) is 2.86. The maximum atomic E-state index is 6.04. The first-order valence-electron chi connectivity index (χ1n) is 8.14. The summed E-state index contributed by atoms with van der Waals surface area (Å²) in [6, 6.07) is 13.8. The number of hydrogen-bond donors (Lipinski definition) is 2. The van der Waals surface area contributed by atoms with Crippen LogP contribution < -0.4 is 10.6 Å². The lowest BCUT2D eigenvalue weighted by Crippen LogP contribution is -2.14. The lowest BCUT2D eigenvalue weighted by Gasteiger charge is -2.13. The minimum absolute atomic E-state index is 0.241.